The zero-order valence-corrected chi connectivity index (χ0v) is 12.2. The van der Waals surface area contributed by atoms with Crippen molar-refractivity contribution < 1.29 is 5.11 Å². The Hall–Kier alpha value is -2.01. The molecule has 0 atom stereocenters. The van der Waals surface area contributed by atoms with Gasteiger partial charge in [0.15, 0.2) is 0 Å². The predicted molar refractivity (Wildman–Crippen MR) is 81.9 cm³/mol. The summed E-state index contributed by atoms with van der Waals surface area (Å²) in [6.07, 6.45) is 8.94. The van der Waals surface area contributed by atoms with Gasteiger partial charge in [0.05, 0.1) is 6.10 Å². The molecule has 21 heavy (non-hydrogen) atoms. The lowest BCUT2D eigenvalue weighted by atomic mass is 9.93. The van der Waals surface area contributed by atoms with Crippen LogP contribution in [0.15, 0.2) is 30.7 Å². The summed E-state index contributed by atoms with van der Waals surface area (Å²) in [7, 11) is 0. The van der Waals surface area contributed by atoms with Gasteiger partial charge in [-0.3, -0.25) is 4.98 Å². The van der Waals surface area contributed by atoms with E-state index in [1.54, 1.807) is 6.20 Å². The van der Waals surface area contributed by atoms with Gasteiger partial charge in [0.1, 0.15) is 0 Å². The van der Waals surface area contributed by atoms with Crippen LogP contribution in [0.25, 0.3) is 11.1 Å². The Morgan fingerprint density at radius 3 is 2.48 bits per heavy atom. The fraction of sp³-hybridized carbons (Fsp3) is 0.438. The second-order valence-electron chi connectivity index (χ2n) is 5.58. The fourth-order valence-corrected chi connectivity index (χ4v) is 2.73. The lowest BCUT2D eigenvalue weighted by molar-refractivity contribution is 0.126. The smallest absolute Gasteiger partial charge is 0.222 e. The maximum absolute atomic E-state index is 9.52. The van der Waals surface area contributed by atoms with Crippen LogP contribution in [0.5, 0.6) is 0 Å². The molecule has 1 aliphatic rings. The normalized spacial score (nSPS) is 22.0. The molecule has 5 nitrogen and oxygen atoms in total. The lowest BCUT2D eigenvalue weighted by Crippen LogP contribution is -2.28. The average molecular weight is 284 g/mol. The van der Waals surface area contributed by atoms with E-state index >= 15 is 0 Å². The number of rotatable bonds is 3. The van der Waals surface area contributed by atoms with Crippen LogP contribution in [-0.2, 0) is 0 Å². The molecule has 0 aromatic carbocycles. The van der Waals surface area contributed by atoms with E-state index in [1.165, 1.54) is 0 Å². The highest BCUT2D eigenvalue weighted by atomic mass is 16.3. The highest BCUT2D eigenvalue weighted by Crippen LogP contribution is 2.23. The average Bonchev–Trinajstić information content (AvgIpc) is 2.51. The quantitative estimate of drug-likeness (QED) is 0.906. The van der Waals surface area contributed by atoms with Gasteiger partial charge in [-0.25, -0.2) is 9.97 Å². The Morgan fingerprint density at radius 1 is 1.10 bits per heavy atom. The SMILES string of the molecule is Cc1ncccc1-c1cnc(NC2CCC(O)CC2)nc1. The number of aliphatic hydroxyl groups is 1. The summed E-state index contributed by atoms with van der Waals surface area (Å²) >= 11 is 0. The molecule has 2 aromatic heterocycles. The van der Waals surface area contributed by atoms with E-state index in [0.29, 0.717) is 12.0 Å². The number of aliphatic hydroxyl groups excluding tert-OH is 1. The van der Waals surface area contributed by atoms with E-state index in [0.717, 1.165) is 42.5 Å². The molecule has 2 aromatic rings. The molecule has 0 aliphatic heterocycles. The second-order valence-corrected chi connectivity index (χ2v) is 5.58. The summed E-state index contributed by atoms with van der Waals surface area (Å²) in [5.41, 5.74) is 3.01. The Labute approximate surface area is 124 Å². The van der Waals surface area contributed by atoms with Gasteiger partial charge in [-0.2, -0.15) is 0 Å². The fourth-order valence-electron chi connectivity index (χ4n) is 2.73. The number of hydrogen-bond acceptors (Lipinski definition) is 5. The van der Waals surface area contributed by atoms with Crippen molar-refractivity contribution in [2.45, 2.75) is 44.8 Å². The summed E-state index contributed by atoms with van der Waals surface area (Å²) in [4.78, 5) is 13.1. The van der Waals surface area contributed by atoms with Gasteiger partial charge in [-0.05, 0) is 38.7 Å². The van der Waals surface area contributed by atoms with Crippen molar-refractivity contribution in [1.29, 1.82) is 0 Å². The van der Waals surface area contributed by atoms with E-state index in [4.69, 9.17) is 0 Å². The van der Waals surface area contributed by atoms with Gasteiger partial charge < -0.3 is 10.4 Å². The van der Waals surface area contributed by atoms with Crippen molar-refractivity contribution in [2.24, 2.45) is 0 Å². The van der Waals surface area contributed by atoms with E-state index in [9.17, 15) is 5.11 Å². The third-order valence-corrected chi connectivity index (χ3v) is 4.00. The zero-order valence-electron chi connectivity index (χ0n) is 12.2. The van der Waals surface area contributed by atoms with Crippen LogP contribution < -0.4 is 5.32 Å². The first-order valence-electron chi connectivity index (χ1n) is 7.41. The van der Waals surface area contributed by atoms with Gasteiger partial charge in [0, 0.05) is 41.5 Å². The van der Waals surface area contributed by atoms with Crippen molar-refractivity contribution in [3.8, 4) is 11.1 Å². The summed E-state index contributed by atoms with van der Waals surface area (Å²) < 4.78 is 0. The molecule has 1 fully saturated rings. The lowest BCUT2D eigenvalue weighted by Gasteiger charge is -2.26. The minimum atomic E-state index is -0.139. The summed E-state index contributed by atoms with van der Waals surface area (Å²) in [5, 5.41) is 12.9. The minimum Gasteiger partial charge on any atom is -0.393 e. The number of hydrogen-bond donors (Lipinski definition) is 2. The molecule has 0 radical (unpaired) electrons. The van der Waals surface area contributed by atoms with Gasteiger partial charge in [-0.1, -0.05) is 6.07 Å². The molecule has 5 heteroatoms. The van der Waals surface area contributed by atoms with Crippen LogP contribution in [0.1, 0.15) is 31.4 Å². The van der Waals surface area contributed by atoms with Crippen molar-refractivity contribution in [3.63, 3.8) is 0 Å². The molecule has 0 spiro atoms. The third kappa shape index (κ3) is 3.36. The molecular weight excluding hydrogens is 264 g/mol. The van der Waals surface area contributed by atoms with E-state index in [2.05, 4.69) is 20.3 Å². The first-order valence-corrected chi connectivity index (χ1v) is 7.41. The van der Waals surface area contributed by atoms with Crippen molar-refractivity contribution in [2.75, 3.05) is 5.32 Å². The Kier molecular flexibility index (Phi) is 4.10. The number of aromatic nitrogens is 3. The first-order chi connectivity index (χ1) is 10.2. The third-order valence-electron chi connectivity index (χ3n) is 4.00. The molecule has 2 heterocycles. The van der Waals surface area contributed by atoms with Crippen molar-refractivity contribution in [1.82, 2.24) is 15.0 Å². The maximum atomic E-state index is 9.52. The Morgan fingerprint density at radius 2 is 1.81 bits per heavy atom. The zero-order chi connectivity index (χ0) is 14.7. The topological polar surface area (TPSA) is 70.9 Å². The largest absolute Gasteiger partial charge is 0.393 e. The Balaban J connectivity index is 1.68. The van der Waals surface area contributed by atoms with E-state index in [-0.39, 0.29) is 6.10 Å². The molecule has 0 bridgehead atoms. The van der Waals surface area contributed by atoms with Crippen LogP contribution in [-0.4, -0.2) is 32.2 Å². The summed E-state index contributed by atoms with van der Waals surface area (Å²) in [6, 6.07) is 4.30. The molecule has 0 unspecified atom stereocenters. The van der Waals surface area contributed by atoms with Crippen LogP contribution in [0.3, 0.4) is 0 Å². The molecule has 110 valence electrons. The molecular formula is C16H20N4O. The summed E-state index contributed by atoms with van der Waals surface area (Å²) in [5.74, 6) is 0.654. The molecule has 0 saturated heterocycles. The molecule has 0 amide bonds. The molecule has 2 N–H and O–H groups in total. The molecule has 3 rings (SSSR count). The van der Waals surface area contributed by atoms with Gasteiger partial charge in [-0.15, -0.1) is 0 Å². The number of aryl methyl sites for hydroxylation is 1. The molecule has 1 saturated carbocycles. The van der Waals surface area contributed by atoms with Crippen LogP contribution in [0.2, 0.25) is 0 Å². The van der Waals surface area contributed by atoms with Crippen LogP contribution in [0, 0.1) is 6.92 Å². The standard InChI is InChI=1S/C16H20N4O/c1-11-15(3-2-8-17-11)12-9-18-16(19-10-12)20-13-4-6-14(21)7-5-13/h2-3,8-10,13-14,21H,4-7H2,1H3,(H,18,19,20). The van der Waals surface area contributed by atoms with Gasteiger partial charge in [0.2, 0.25) is 5.95 Å². The predicted octanol–water partition coefficient (Wildman–Crippen LogP) is 2.56. The van der Waals surface area contributed by atoms with E-state index in [1.807, 2.05) is 31.5 Å². The maximum Gasteiger partial charge on any atom is 0.222 e. The number of nitrogens with zero attached hydrogens (tertiary/aromatic N) is 3. The monoisotopic (exact) mass is 284 g/mol. The minimum absolute atomic E-state index is 0.139. The van der Waals surface area contributed by atoms with Crippen LogP contribution in [0.4, 0.5) is 5.95 Å². The van der Waals surface area contributed by atoms with Crippen molar-refractivity contribution in [3.05, 3.63) is 36.4 Å². The van der Waals surface area contributed by atoms with Gasteiger partial charge >= 0.3 is 0 Å². The first kappa shape index (κ1) is 13.9. The summed E-state index contributed by atoms with van der Waals surface area (Å²) in [6.45, 7) is 1.98. The number of nitrogens with one attached hydrogen (secondary N) is 1. The van der Waals surface area contributed by atoms with Crippen molar-refractivity contribution >= 4 is 5.95 Å². The molecule has 1 aliphatic carbocycles. The van der Waals surface area contributed by atoms with Gasteiger partial charge in [0.25, 0.3) is 0 Å². The highest BCUT2D eigenvalue weighted by Gasteiger charge is 2.19. The Bertz CT molecular complexity index is 591. The number of pyridine rings is 1. The number of anilines is 1. The van der Waals surface area contributed by atoms with Crippen LogP contribution >= 0.6 is 0 Å². The van der Waals surface area contributed by atoms with E-state index < -0.39 is 0 Å². The highest BCUT2D eigenvalue weighted by molar-refractivity contribution is 5.64. The second kappa shape index (κ2) is 6.18.